The van der Waals surface area contributed by atoms with Crippen LogP contribution in [0.3, 0.4) is 0 Å². The number of aromatic carboxylic acids is 1. The second-order valence-corrected chi connectivity index (χ2v) is 5.17. The van der Waals surface area contributed by atoms with Gasteiger partial charge in [-0.2, -0.15) is 0 Å². The topological polar surface area (TPSA) is 122 Å². The first-order valence-electron chi connectivity index (χ1n) is 7.31. The Balaban J connectivity index is 2.35. The molecule has 0 saturated heterocycles. The largest absolute Gasteiger partial charge is 0.478 e. The molecule has 3 aromatic rings. The molecule has 0 radical (unpaired) electrons. The summed E-state index contributed by atoms with van der Waals surface area (Å²) in [5.74, 6) is -0.809. The molecule has 3 rings (SSSR count). The number of H-pyrrole nitrogens is 1. The number of furan rings is 1. The number of hydrogen-bond acceptors (Lipinski definition) is 5. The third kappa shape index (κ3) is 2.67. The summed E-state index contributed by atoms with van der Waals surface area (Å²) < 4.78 is 5.40. The molecule has 0 bridgehead atoms. The molecule has 0 aliphatic carbocycles. The summed E-state index contributed by atoms with van der Waals surface area (Å²) >= 11 is 0. The Hall–Kier alpha value is -3.35. The van der Waals surface area contributed by atoms with E-state index in [1.165, 1.54) is 18.4 Å². The number of aromatic nitrogens is 2. The Bertz CT molecular complexity index is 958. The summed E-state index contributed by atoms with van der Waals surface area (Å²) in [6.07, 6.45) is 2.06. The van der Waals surface area contributed by atoms with Crippen LogP contribution in [0.2, 0.25) is 0 Å². The van der Waals surface area contributed by atoms with Crippen molar-refractivity contribution in [2.24, 2.45) is 0 Å². The average molecular weight is 325 g/mol. The first-order chi connectivity index (χ1) is 11.5. The number of pyridine rings is 2. The molecule has 122 valence electrons. The number of nitrogen functional groups attached to an aromatic ring is 1. The van der Waals surface area contributed by atoms with Crippen LogP contribution >= 0.6 is 0 Å². The molecule has 0 aliphatic rings. The van der Waals surface area contributed by atoms with Crippen LogP contribution in [0.25, 0.3) is 22.6 Å². The van der Waals surface area contributed by atoms with Crippen LogP contribution in [-0.2, 0) is 6.42 Å². The third-order valence-electron chi connectivity index (χ3n) is 3.68. The Kier molecular flexibility index (Phi) is 3.91. The molecule has 0 aliphatic heterocycles. The molecule has 24 heavy (non-hydrogen) atoms. The SMILES string of the molecule is CCc1[nH]c(=O)ccc1-c1cc(C(=O)O)c(N)nc1-c1ccco1. The van der Waals surface area contributed by atoms with Crippen molar-refractivity contribution in [1.29, 1.82) is 0 Å². The fourth-order valence-corrected chi connectivity index (χ4v) is 2.55. The van der Waals surface area contributed by atoms with E-state index in [0.717, 1.165) is 0 Å². The molecule has 0 amide bonds. The maximum absolute atomic E-state index is 11.6. The number of carboxylic acid groups (broad SMARTS) is 1. The highest BCUT2D eigenvalue weighted by Crippen LogP contribution is 2.34. The van der Waals surface area contributed by atoms with E-state index < -0.39 is 5.97 Å². The third-order valence-corrected chi connectivity index (χ3v) is 3.68. The van der Waals surface area contributed by atoms with Gasteiger partial charge >= 0.3 is 5.97 Å². The predicted molar refractivity (Wildman–Crippen MR) is 88.7 cm³/mol. The summed E-state index contributed by atoms with van der Waals surface area (Å²) in [6.45, 7) is 1.89. The lowest BCUT2D eigenvalue weighted by molar-refractivity contribution is 0.0697. The first-order valence-corrected chi connectivity index (χ1v) is 7.31. The van der Waals surface area contributed by atoms with Crippen LogP contribution in [0.4, 0.5) is 5.82 Å². The van der Waals surface area contributed by atoms with Crippen molar-refractivity contribution in [2.45, 2.75) is 13.3 Å². The van der Waals surface area contributed by atoms with E-state index >= 15 is 0 Å². The van der Waals surface area contributed by atoms with Crippen LogP contribution in [0, 0.1) is 0 Å². The minimum Gasteiger partial charge on any atom is -0.478 e. The van der Waals surface area contributed by atoms with Gasteiger partial charge in [-0.1, -0.05) is 6.92 Å². The molecule has 3 heterocycles. The number of carbonyl (C=O) groups is 1. The van der Waals surface area contributed by atoms with E-state index in [2.05, 4.69) is 9.97 Å². The standard InChI is InChI=1S/C17H15N3O4/c1-2-12-9(5-6-14(21)19-12)10-8-11(17(22)23)16(18)20-15(10)13-4-3-7-24-13/h3-8H,2H2,1H3,(H2,18,20)(H,19,21)(H,22,23). The number of nitrogens with two attached hydrogens (primary N) is 1. The lowest BCUT2D eigenvalue weighted by Gasteiger charge is -2.13. The molecule has 0 aromatic carbocycles. The number of hydrogen-bond donors (Lipinski definition) is 3. The Morgan fingerprint density at radius 3 is 2.75 bits per heavy atom. The highest BCUT2D eigenvalue weighted by molar-refractivity contribution is 5.96. The van der Waals surface area contributed by atoms with Gasteiger partial charge in [0, 0.05) is 22.9 Å². The monoisotopic (exact) mass is 325 g/mol. The lowest BCUT2D eigenvalue weighted by atomic mass is 9.98. The molecule has 0 atom stereocenters. The molecule has 0 fully saturated rings. The summed E-state index contributed by atoms with van der Waals surface area (Å²) in [7, 11) is 0. The molecule has 7 nitrogen and oxygen atoms in total. The van der Waals surface area contributed by atoms with Gasteiger partial charge in [-0.15, -0.1) is 0 Å². The maximum Gasteiger partial charge on any atom is 0.339 e. The fourth-order valence-electron chi connectivity index (χ4n) is 2.55. The number of aryl methyl sites for hydroxylation is 1. The van der Waals surface area contributed by atoms with E-state index in [1.54, 1.807) is 18.2 Å². The zero-order chi connectivity index (χ0) is 17.3. The van der Waals surface area contributed by atoms with Crippen molar-refractivity contribution < 1.29 is 14.3 Å². The Morgan fingerprint density at radius 2 is 2.12 bits per heavy atom. The fraction of sp³-hybridized carbons (Fsp3) is 0.118. The highest BCUT2D eigenvalue weighted by atomic mass is 16.4. The average Bonchev–Trinajstić information content (AvgIpc) is 3.08. The van der Waals surface area contributed by atoms with Gasteiger partial charge in [-0.25, -0.2) is 9.78 Å². The smallest absolute Gasteiger partial charge is 0.339 e. The van der Waals surface area contributed by atoms with E-state index in [4.69, 9.17) is 10.2 Å². The molecule has 4 N–H and O–H groups in total. The van der Waals surface area contributed by atoms with Gasteiger partial charge < -0.3 is 20.2 Å². The van der Waals surface area contributed by atoms with Crippen LogP contribution in [0.5, 0.6) is 0 Å². The van der Waals surface area contributed by atoms with Crippen LogP contribution in [0.1, 0.15) is 23.0 Å². The van der Waals surface area contributed by atoms with Gasteiger partial charge in [0.15, 0.2) is 5.76 Å². The van der Waals surface area contributed by atoms with Crippen molar-refractivity contribution >= 4 is 11.8 Å². The normalized spacial score (nSPS) is 10.7. The molecular weight excluding hydrogens is 310 g/mol. The highest BCUT2D eigenvalue weighted by Gasteiger charge is 2.20. The second kappa shape index (κ2) is 6.04. The van der Waals surface area contributed by atoms with E-state index in [1.807, 2.05) is 6.92 Å². The summed E-state index contributed by atoms with van der Waals surface area (Å²) in [5.41, 5.74) is 7.76. The van der Waals surface area contributed by atoms with Gasteiger partial charge in [-0.05, 0) is 30.7 Å². The van der Waals surface area contributed by atoms with Crippen molar-refractivity contribution in [1.82, 2.24) is 9.97 Å². The zero-order valence-corrected chi connectivity index (χ0v) is 12.9. The van der Waals surface area contributed by atoms with E-state index in [9.17, 15) is 14.7 Å². The van der Waals surface area contributed by atoms with Gasteiger partial charge in [0.1, 0.15) is 17.1 Å². The maximum atomic E-state index is 11.6. The van der Waals surface area contributed by atoms with Crippen LogP contribution in [-0.4, -0.2) is 21.0 Å². The minimum atomic E-state index is -1.17. The lowest BCUT2D eigenvalue weighted by Crippen LogP contribution is -2.10. The number of rotatable bonds is 4. The summed E-state index contributed by atoms with van der Waals surface area (Å²) in [4.78, 5) is 30.0. The number of nitrogens with one attached hydrogen (secondary N) is 1. The van der Waals surface area contributed by atoms with Crippen LogP contribution < -0.4 is 11.3 Å². The molecule has 0 spiro atoms. The first kappa shape index (κ1) is 15.5. The van der Waals surface area contributed by atoms with Crippen LogP contribution in [0.15, 0.2) is 45.8 Å². The zero-order valence-electron chi connectivity index (χ0n) is 12.9. The minimum absolute atomic E-state index is 0.0971. The van der Waals surface area contributed by atoms with Gasteiger partial charge in [0.05, 0.1) is 6.26 Å². The van der Waals surface area contributed by atoms with Crippen molar-refractivity contribution in [2.75, 3.05) is 5.73 Å². The molecule has 0 unspecified atom stereocenters. The predicted octanol–water partition coefficient (Wildman–Crippen LogP) is 2.54. The Morgan fingerprint density at radius 1 is 1.33 bits per heavy atom. The summed E-state index contributed by atoms with van der Waals surface area (Å²) in [6, 6.07) is 7.90. The van der Waals surface area contributed by atoms with Crippen molar-refractivity contribution in [3.63, 3.8) is 0 Å². The number of nitrogens with zero attached hydrogens (tertiary/aromatic N) is 1. The quantitative estimate of drug-likeness (QED) is 0.677. The Labute approximate surface area is 136 Å². The molecule has 7 heteroatoms. The van der Waals surface area contributed by atoms with Gasteiger partial charge in [0.25, 0.3) is 0 Å². The number of anilines is 1. The number of aromatic amines is 1. The number of carboxylic acids is 1. The van der Waals surface area contributed by atoms with Gasteiger partial charge in [0.2, 0.25) is 5.56 Å². The molecule has 3 aromatic heterocycles. The van der Waals surface area contributed by atoms with E-state index in [-0.39, 0.29) is 16.9 Å². The van der Waals surface area contributed by atoms with E-state index in [0.29, 0.717) is 34.7 Å². The molecular formula is C17H15N3O4. The van der Waals surface area contributed by atoms with Crippen molar-refractivity contribution in [3.05, 3.63) is 58.2 Å². The second-order valence-electron chi connectivity index (χ2n) is 5.17. The van der Waals surface area contributed by atoms with Crippen molar-refractivity contribution in [3.8, 4) is 22.6 Å². The molecule has 0 saturated carbocycles. The van der Waals surface area contributed by atoms with Gasteiger partial charge in [-0.3, -0.25) is 4.79 Å². The summed E-state index contributed by atoms with van der Waals surface area (Å²) in [5, 5.41) is 9.33.